The zero-order valence-corrected chi connectivity index (χ0v) is 13.9. The molecule has 2 aromatic rings. The van der Waals surface area contributed by atoms with Crippen molar-refractivity contribution in [3.63, 3.8) is 0 Å². The van der Waals surface area contributed by atoms with Gasteiger partial charge in [-0.3, -0.25) is 4.79 Å². The third kappa shape index (κ3) is 5.41. The number of amides is 1. The maximum Gasteiger partial charge on any atom is 0.264 e. The summed E-state index contributed by atoms with van der Waals surface area (Å²) >= 11 is 0. The molecule has 0 aliphatic carbocycles. The van der Waals surface area contributed by atoms with Gasteiger partial charge >= 0.3 is 0 Å². The van der Waals surface area contributed by atoms with Gasteiger partial charge in [0.2, 0.25) is 10.0 Å². The maximum absolute atomic E-state index is 11.7. The van der Waals surface area contributed by atoms with Crippen LogP contribution in [0.15, 0.2) is 48.5 Å². The molecule has 1 amide bonds. The molecular weight excluding hydrogens is 314 g/mol. The summed E-state index contributed by atoms with van der Waals surface area (Å²) in [7, 11) is -3.56. The molecule has 0 bridgehead atoms. The van der Waals surface area contributed by atoms with Crippen molar-refractivity contribution in [1.29, 1.82) is 0 Å². The summed E-state index contributed by atoms with van der Waals surface area (Å²) in [5.41, 5.74) is 2.42. The minimum Gasteiger partial charge on any atom is -0.489 e. The lowest BCUT2D eigenvalue weighted by atomic mass is 10.1. The summed E-state index contributed by atoms with van der Waals surface area (Å²) in [5.74, 6) is 0.135. The lowest BCUT2D eigenvalue weighted by molar-refractivity contribution is 0.0981. The molecule has 0 aliphatic heterocycles. The number of nitrogens with one attached hydrogen (secondary N) is 1. The molecule has 0 unspecified atom stereocenters. The van der Waals surface area contributed by atoms with Gasteiger partial charge in [-0.2, -0.15) is 0 Å². The Morgan fingerprint density at radius 2 is 1.57 bits per heavy atom. The number of hydrogen-bond acceptors (Lipinski definition) is 4. The molecule has 0 spiro atoms. The van der Waals surface area contributed by atoms with E-state index in [1.807, 2.05) is 29.0 Å². The monoisotopic (exact) mass is 333 g/mol. The van der Waals surface area contributed by atoms with Crippen molar-refractivity contribution in [1.82, 2.24) is 4.72 Å². The molecule has 0 saturated heterocycles. The van der Waals surface area contributed by atoms with Crippen molar-refractivity contribution in [3.8, 4) is 5.75 Å². The maximum atomic E-state index is 11.7. The van der Waals surface area contributed by atoms with Gasteiger partial charge in [0.05, 0.1) is 6.26 Å². The Labute approximate surface area is 136 Å². The quantitative estimate of drug-likeness (QED) is 0.881. The Bertz CT molecular complexity index is 765. The van der Waals surface area contributed by atoms with Gasteiger partial charge in [0.1, 0.15) is 12.4 Å². The van der Waals surface area contributed by atoms with Crippen molar-refractivity contribution in [2.75, 3.05) is 6.26 Å². The van der Waals surface area contributed by atoms with Gasteiger partial charge in [-0.25, -0.2) is 13.1 Å². The van der Waals surface area contributed by atoms with E-state index in [0.29, 0.717) is 6.61 Å². The summed E-state index contributed by atoms with van der Waals surface area (Å²) in [6, 6.07) is 14.5. The zero-order chi connectivity index (χ0) is 16.9. The van der Waals surface area contributed by atoms with Crippen LogP contribution >= 0.6 is 0 Å². The summed E-state index contributed by atoms with van der Waals surface area (Å²) in [4.78, 5) is 11.7. The van der Waals surface area contributed by atoms with Gasteiger partial charge in [0.25, 0.3) is 5.91 Å². The van der Waals surface area contributed by atoms with Crippen molar-refractivity contribution in [2.45, 2.75) is 20.0 Å². The van der Waals surface area contributed by atoms with Gasteiger partial charge in [0, 0.05) is 5.56 Å². The van der Waals surface area contributed by atoms with Crippen molar-refractivity contribution in [2.24, 2.45) is 0 Å². The molecule has 0 fully saturated rings. The molecule has 0 aliphatic rings. The SMILES string of the molecule is CCc1ccc(OCc2ccc(C(=O)NS(C)(=O)=O)cc2)cc1. The number of carbonyl (C=O) groups excluding carboxylic acids is 1. The number of rotatable bonds is 6. The van der Waals surface area contributed by atoms with Crippen LogP contribution in [0.25, 0.3) is 0 Å². The lowest BCUT2D eigenvalue weighted by Gasteiger charge is -2.08. The van der Waals surface area contributed by atoms with Crippen LogP contribution in [0.3, 0.4) is 0 Å². The van der Waals surface area contributed by atoms with Crippen LogP contribution in [0.2, 0.25) is 0 Å². The second-order valence-electron chi connectivity index (χ2n) is 5.19. The summed E-state index contributed by atoms with van der Waals surface area (Å²) < 4.78 is 29.7. The lowest BCUT2D eigenvalue weighted by Crippen LogP contribution is -2.29. The highest BCUT2D eigenvalue weighted by Gasteiger charge is 2.10. The highest BCUT2D eigenvalue weighted by Crippen LogP contribution is 2.15. The Morgan fingerprint density at radius 1 is 1.00 bits per heavy atom. The molecule has 122 valence electrons. The molecule has 0 atom stereocenters. The fourth-order valence-corrected chi connectivity index (χ4v) is 2.42. The molecule has 23 heavy (non-hydrogen) atoms. The number of hydrogen-bond donors (Lipinski definition) is 1. The van der Waals surface area contributed by atoms with Crippen LogP contribution in [0.4, 0.5) is 0 Å². The van der Waals surface area contributed by atoms with Gasteiger partial charge in [0.15, 0.2) is 0 Å². The third-order valence-electron chi connectivity index (χ3n) is 3.23. The fraction of sp³-hybridized carbons (Fsp3) is 0.235. The predicted molar refractivity (Wildman–Crippen MR) is 88.9 cm³/mol. The summed E-state index contributed by atoms with van der Waals surface area (Å²) in [6.45, 7) is 2.47. The Morgan fingerprint density at radius 3 is 2.09 bits per heavy atom. The molecule has 2 rings (SSSR count). The van der Waals surface area contributed by atoms with Crippen LogP contribution in [0.5, 0.6) is 5.75 Å². The summed E-state index contributed by atoms with van der Waals surface area (Å²) in [6.07, 6.45) is 1.92. The molecule has 2 aromatic carbocycles. The molecular formula is C17H19NO4S. The number of benzene rings is 2. The van der Waals surface area contributed by atoms with E-state index < -0.39 is 15.9 Å². The van der Waals surface area contributed by atoms with E-state index in [2.05, 4.69) is 6.92 Å². The average Bonchev–Trinajstić information content (AvgIpc) is 2.52. The van der Waals surface area contributed by atoms with Gasteiger partial charge in [-0.05, 0) is 41.8 Å². The number of ether oxygens (including phenoxy) is 1. The second-order valence-corrected chi connectivity index (χ2v) is 6.93. The molecule has 0 saturated carbocycles. The molecule has 5 nitrogen and oxygen atoms in total. The van der Waals surface area contributed by atoms with Gasteiger partial charge in [-0.15, -0.1) is 0 Å². The van der Waals surface area contributed by atoms with E-state index in [4.69, 9.17) is 4.74 Å². The molecule has 0 radical (unpaired) electrons. The Hall–Kier alpha value is -2.34. The number of sulfonamides is 1. The van der Waals surface area contributed by atoms with Crippen LogP contribution in [0.1, 0.15) is 28.4 Å². The van der Waals surface area contributed by atoms with E-state index in [1.54, 1.807) is 24.3 Å². The number of aryl methyl sites for hydroxylation is 1. The first-order valence-electron chi connectivity index (χ1n) is 7.20. The van der Waals surface area contributed by atoms with E-state index in [9.17, 15) is 13.2 Å². The largest absolute Gasteiger partial charge is 0.489 e. The van der Waals surface area contributed by atoms with E-state index >= 15 is 0 Å². The summed E-state index contributed by atoms with van der Waals surface area (Å²) in [5, 5.41) is 0. The molecule has 0 aromatic heterocycles. The third-order valence-corrected chi connectivity index (χ3v) is 3.79. The van der Waals surface area contributed by atoms with Crippen LogP contribution in [-0.2, 0) is 23.1 Å². The first kappa shape index (κ1) is 17.0. The standard InChI is InChI=1S/C17H19NO4S/c1-3-13-6-10-16(11-7-13)22-12-14-4-8-15(9-5-14)17(19)18-23(2,20)21/h4-11H,3,12H2,1-2H3,(H,18,19). The van der Waals surface area contributed by atoms with E-state index in [0.717, 1.165) is 24.0 Å². The normalized spacial score (nSPS) is 11.0. The Kier molecular flexibility index (Phi) is 5.39. The van der Waals surface area contributed by atoms with E-state index in [1.165, 1.54) is 5.56 Å². The van der Waals surface area contributed by atoms with Gasteiger partial charge in [-0.1, -0.05) is 31.2 Å². The van der Waals surface area contributed by atoms with Crippen LogP contribution in [-0.4, -0.2) is 20.6 Å². The second kappa shape index (κ2) is 7.28. The first-order chi connectivity index (χ1) is 10.9. The molecule has 1 N–H and O–H groups in total. The van der Waals surface area contributed by atoms with E-state index in [-0.39, 0.29) is 5.56 Å². The zero-order valence-electron chi connectivity index (χ0n) is 13.1. The van der Waals surface area contributed by atoms with Crippen molar-refractivity contribution < 1.29 is 17.9 Å². The highest BCUT2D eigenvalue weighted by molar-refractivity contribution is 7.89. The first-order valence-corrected chi connectivity index (χ1v) is 9.09. The topological polar surface area (TPSA) is 72.5 Å². The minimum atomic E-state index is -3.56. The average molecular weight is 333 g/mol. The number of carbonyl (C=O) groups is 1. The van der Waals surface area contributed by atoms with Gasteiger partial charge < -0.3 is 4.74 Å². The molecule has 6 heteroatoms. The van der Waals surface area contributed by atoms with Crippen molar-refractivity contribution in [3.05, 3.63) is 65.2 Å². The highest BCUT2D eigenvalue weighted by atomic mass is 32.2. The van der Waals surface area contributed by atoms with Crippen molar-refractivity contribution >= 4 is 15.9 Å². The van der Waals surface area contributed by atoms with Crippen LogP contribution < -0.4 is 9.46 Å². The molecule has 0 heterocycles. The predicted octanol–water partition coefficient (Wildman–Crippen LogP) is 2.52. The smallest absolute Gasteiger partial charge is 0.264 e. The van der Waals surface area contributed by atoms with Crippen LogP contribution in [0, 0.1) is 0 Å². The fourth-order valence-electron chi connectivity index (χ4n) is 1.97. The Balaban J connectivity index is 1.95. The minimum absolute atomic E-state index is 0.284.